The highest BCUT2D eigenvalue weighted by molar-refractivity contribution is 7.99. The number of piperazine rings is 1. The van der Waals surface area contributed by atoms with Crippen LogP contribution in [0.25, 0.3) is 0 Å². The van der Waals surface area contributed by atoms with Gasteiger partial charge < -0.3 is 14.4 Å². The smallest absolute Gasteiger partial charge is 0.145 e. The molecule has 0 aliphatic carbocycles. The lowest BCUT2D eigenvalue weighted by atomic mass is 9.87. The minimum absolute atomic E-state index is 0.00383. The number of rotatable bonds is 14. The molecule has 4 nitrogen and oxygen atoms in total. The Morgan fingerprint density at radius 1 is 0.816 bits per heavy atom. The van der Waals surface area contributed by atoms with Gasteiger partial charge in [0.25, 0.3) is 0 Å². The summed E-state index contributed by atoms with van der Waals surface area (Å²) in [4.78, 5) is 17.0. The summed E-state index contributed by atoms with van der Waals surface area (Å²) in [7, 11) is 0. The van der Waals surface area contributed by atoms with E-state index < -0.39 is 0 Å². The lowest BCUT2D eigenvalue weighted by molar-refractivity contribution is -0.113. The normalized spacial score (nSPS) is 15.6. The Kier molecular flexibility index (Phi) is 11.3. The molecule has 0 saturated carbocycles. The van der Waals surface area contributed by atoms with Crippen LogP contribution in [0.3, 0.4) is 0 Å². The molecule has 1 fully saturated rings. The topological polar surface area (TPSA) is 32.8 Å². The van der Waals surface area contributed by atoms with Gasteiger partial charge in [0.15, 0.2) is 0 Å². The molecule has 1 atom stereocenters. The van der Waals surface area contributed by atoms with Crippen LogP contribution in [0.2, 0.25) is 0 Å². The molecular formula is C31H36F2N2O2S. The van der Waals surface area contributed by atoms with Crippen molar-refractivity contribution < 1.29 is 18.3 Å². The van der Waals surface area contributed by atoms with Crippen LogP contribution in [0.4, 0.5) is 8.78 Å². The quantitative estimate of drug-likeness (QED) is 0.189. The molecule has 1 aliphatic rings. The van der Waals surface area contributed by atoms with Gasteiger partial charge in [0.1, 0.15) is 24.5 Å². The Morgan fingerprint density at radius 3 is 1.97 bits per heavy atom. The van der Waals surface area contributed by atoms with E-state index in [0.29, 0.717) is 0 Å². The van der Waals surface area contributed by atoms with Crippen LogP contribution in [-0.2, 0) is 9.53 Å². The van der Waals surface area contributed by atoms with Gasteiger partial charge >= 0.3 is 0 Å². The number of hydrogen-bond acceptors (Lipinski definition) is 5. The minimum atomic E-state index is -0.248. The van der Waals surface area contributed by atoms with Gasteiger partial charge in [-0.05, 0) is 66.9 Å². The van der Waals surface area contributed by atoms with E-state index in [1.807, 2.05) is 42.5 Å². The van der Waals surface area contributed by atoms with E-state index >= 15 is 0 Å². The van der Waals surface area contributed by atoms with Gasteiger partial charge in [-0.1, -0.05) is 42.5 Å². The molecule has 202 valence electrons. The van der Waals surface area contributed by atoms with Crippen LogP contribution in [0.15, 0.2) is 83.8 Å². The number of hydrogen-bond donors (Lipinski definition) is 0. The second-order valence-corrected chi connectivity index (χ2v) is 10.8. The Labute approximate surface area is 229 Å². The number of halogens is 2. The molecule has 7 heteroatoms. The highest BCUT2D eigenvalue weighted by Crippen LogP contribution is 2.30. The summed E-state index contributed by atoms with van der Waals surface area (Å²) < 4.78 is 32.9. The molecule has 4 rings (SSSR count). The molecule has 0 bridgehead atoms. The van der Waals surface area contributed by atoms with Crippen LogP contribution in [0, 0.1) is 11.6 Å². The Morgan fingerprint density at radius 2 is 1.39 bits per heavy atom. The van der Waals surface area contributed by atoms with Crippen molar-refractivity contribution in [2.45, 2.75) is 29.8 Å². The van der Waals surface area contributed by atoms with Crippen LogP contribution in [0.1, 0.15) is 29.9 Å². The van der Waals surface area contributed by atoms with E-state index in [4.69, 9.17) is 4.74 Å². The molecule has 0 aromatic heterocycles. The van der Waals surface area contributed by atoms with Gasteiger partial charge in [0, 0.05) is 49.3 Å². The van der Waals surface area contributed by atoms with Crippen LogP contribution < -0.4 is 0 Å². The third-order valence-corrected chi connectivity index (χ3v) is 8.16. The first-order chi connectivity index (χ1) is 18.6. The first-order valence-electron chi connectivity index (χ1n) is 13.3. The highest BCUT2D eigenvalue weighted by Gasteiger charge is 2.22. The largest absolute Gasteiger partial charge is 0.369 e. The van der Waals surface area contributed by atoms with E-state index in [1.54, 1.807) is 11.8 Å². The van der Waals surface area contributed by atoms with Gasteiger partial charge in [-0.2, -0.15) is 0 Å². The number of benzene rings is 3. The fourth-order valence-corrected chi connectivity index (χ4v) is 5.88. The molecule has 0 amide bonds. The van der Waals surface area contributed by atoms with Gasteiger partial charge in [-0.3, -0.25) is 4.90 Å². The Hall–Kier alpha value is -2.58. The van der Waals surface area contributed by atoms with E-state index in [2.05, 4.69) is 21.9 Å². The Bertz CT molecular complexity index is 1050. The van der Waals surface area contributed by atoms with Crippen molar-refractivity contribution in [2.75, 3.05) is 51.6 Å². The molecule has 38 heavy (non-hydrogen) atoms. The maximum absolute atomic E-state index is 13.5. The summed E-state index contributed by atoms with van der Waals surface area (Å²) in [5.41, 5.74) is 2.11. The first-order valence-corrected chi connectivity index (χ1v) is 14.3. The molecule has 1 heterocycles. The van der Waals surface area contributed by atoms with Crippen molar-refractivity contribution >= 4 is 18.0 Å². The molecule has 0 radical (unpaired) electrons. The highest BCUT2D eigenvalue weighted by atomic mass is 32.2. The lowest BCUT2D eigenvalue weighted by Gasteiger charge is -2.36. The van der Waals surface area contributed by atoms with Crippen LogP contribution >= 0.6 is 11.8 Å². The average Bonchev–Trinajstić information content (AvgIpc) is 2.95. The number of aldehydes is 1. The number of thioether (sulfide) groups is 1. The van der Waals surface area contributed by atoms with E-state index in [-0.39, 0.29) is 30.3 Å². The van der Waals surface area contributed by atoms with Gasteiger partial charge in [0.05, 0.1) is 6.10 Å². The van der Waals surface area contributed by atoms with Crippen LogP contribution in [0.5, 0.6) is 0 Å². The molecule has 0 N–H and O–H groups in total. The first kappa shape index (κ1) is 28.4. The number of carbonyl (C=O) groups excluding carboxylic acids is 1. The van der Waals surface area contributed by atoms with Gasteiger partial charge in [-0.15, -0.1) is 11.8 Å². The lowest BCUT2D eigenvalue weighted by Crippen LogP contribution is -2.49. The van der Waals surface area contributed by atoms with Crippen molar-refractivity contribution in [3.05, 3.63) is 102 Å². The summed E-state index contributed by atoms with van der Waals surface area (Å²) in [5, 5.41) is 0. The van der Waals surface area contributed by atoms with Crippen molar-refractivity contribution in [2.24, 2.45) is 0 Å². The fraction of sp³-hybridized carbons (Fsp3) is 0.387. The van der Waals surface area contributed by atoms with Gasteiger partial charge in [-0.25, -0.2) is 8.78 Å². The number of nitrogens with zero attached hydrogens (tertiary/aromatic N) is 2. The predicted octanol–water partition coefficient (Wildman–Crippen LogP) is 5.87. The Balaban J connectivity index is 1.24. The predicted molar refractivity (Wildman–Crippen MR) is 150 cm³/mol. The number of carbonyl (C=O) groups is 1. The SMILES string of the molecule is O=CCOC(CSc1ccccc1)CN1CCN(CCCC(c2ccc(F)cc2)c2ccc(F)cc2)CC1. The maximum atomic E-state index is 13.5. The zero-order chi connectivity index (χ0) is 26.6. The summed E-state index contributed by atoms with van der Waals surface area (Å²) in [6.45, 7) is 5.85. The van der Waals surface area contributed by atoms with Crippen molar-refractivity contribution in [1.82, 2.24) is 9.80 Å². The maximum Gasteiger partial charge on any atom is 0.145 e. The second-order valence-electron chi connectivity index (χ2n) is 9.69. The summed E-state index contributed by atoms with van der Waals surface area (Å²) in [6.07, 6.45) is 2.74. The third-order valence-electron chi connectivity index (χ3n) is 7.02. The molecule has 0 spiro atoms. The van der Waals surface area contributed by atoms with Gasteiger partial charge in [0.2, 0.25) is 0 Å². The van der Waals surface area contributed by atoms with Crippen LogP contribution in [-0.4, -0.2) is 73.8 Å². The minimum Gasteiger partial charge on any atom is -0.369 e. The zero-order valence-electron chi connectivity index (χ0n) is 21.7. The molecule has 1 unspecified atom stereocenters. The van der Waals surface area contributed by atoms with Crippen molar-refractivity contribution in [3.8, 4) is 0 Å². The van der Waals surface area contributed by atoms with E-state index in [0.717, 1.165) is 75.3 Å². The molecule has 3 aromatic carbocycles. The summed E-state index contributed by atoms with van der Waals surface area (Å²) >= 11 is 1.76. The van der Waals surface area contributed by atoms with E-state index in [1.165, 1.54) is 29.2 Å². The van der Waals surface area contributed by atoms with E-state index in [9.17, 15) is 13.6 Å². The standard InChI is InChI=1S/C31H36F2N2O2S/c32-27-12-8-25(9-13-27)31(26-10-14-28(33)15-11-26)7-4-16-34-17-19-35(20-18-34)23-29(37-22-21-36)24-38-30-5-2-1-3-6-30/h1-3,5-6,8-15,21,29,31H,4,7,16-20,22-24H2. The fourth-order valence-electron chi connectivity index (χ4n) is 4.95. The molecule has 3 aromatic rings. The molecular weight excluding hydrogens is 502 g/mol. The number of ether oxygens (including phenoxy) is 1. The monoisotopic (exact) mass is 538 g/mol. The summed E-state index contributed by atoms with van der Waals surface area (Å²) in [5.74, 6) is 0.422. The average molecular weight is 539 g/mol. The van der Waals surface area contributed by atoms with Crippen molar-refractivity contribution in [3.63, 3.8) is 0 Å². The second kappa shape index (κ2) is 15.1. The van der Waals surface area contributed by atoms with Crippen molar-refractivity contribution in [1.29, 1.82) is 0 Å². The summed E-state index contributed by atoms with van der Waals surface area (Å²) in [6, 6.07) is 23.6. The molecule has 1 saturated heterocycles. The molecule has 1 aliphatic heterocycles. The third kappa shape index (κ3) is 9.02. The zero-order valence-corrected chi connectivity index (χ0v) is 22.5.